The van der Waals surface area contributed by atoms with Crippen LogP contribution in [0.1, 0.15) is 33.8 Å². The van der Waals surface area contributed by atoms with E-state index in [1.807, 2.05) is 48.5 Å². The van der Waals surface area contributed by atoms with Gasteiger partial charge in [-0.1, -0.05) is 24.3 Å². The Kier molecular flexibility index (Phi) is 6.60. The van der Waals surface area contributed by atoms with Gasteiger partial charge in [0.1, 0.15) is 22.9 Å². The summed E-state index contributed by atoms with van der Waals surface area (Å²) in [6, 6.07) is 20.0. The number of piperidine rings is 1. The third kappa shape index (κ3) is 5.42. The van der Waals surface area contributed by atoms with Gasteiger partial charge in [0.25, 0.3) is 11.8 Å². The Morgan fingerprint density at radius 1 is 0.821 bits per heavy atom. The minimum atomic E-state index is -0.286. The maximum Gasteiger partial charge on any atom is 0.272 e. The fraction of sp³-hybridized carbons (Fsp3) is 0.179. The molecule has 39 heavy (non-hydrogen) atoms. The molecule has 3 N–H and O–H groups in total. The predicted octanol–water partition coefficient (Wildman–Crippen LogP) is 3.59. The summed E-state index contributed by atoms with van der Waals surface area (Å²) in [5.74, 6) is 1.07. The van der Waals surface area contributed by atoms with Crippen molar-refractivity contribution in [3.05, 3.63) is 90.5 Å². The summed E-state index contributed by atoms with van der Waals surface area (Å²) < 4.78 is 0. The summed E-state index contributed by atoms with van der Waals surface area (Å²) >= 11 is 0. The molecular formula is C28H25N9O2. The number of aromatic nitrogens is 6. The molecule has 5 heterocycles. The van der Waals surface area contributed by atoms with Crippen molar-refractivity contribution in [3.8, 4) is 11.5 Å². The van der Waals surface area contributed by atoms with Gasteiger partial charge in [0, 0.05) is 31.5 Å². The number of nitrogens with zero attached hydrogens (tertiary/aromatic N) is 6. The Bertz CT molecular complexity index is 1600. The summed E-state index contributed by atoms with van der Waals surface area (Å²) in [5.41, 5.74) is 2.99. The topological polar surface area (TPSA) is 142 Å². The van der Waals surface area contributed by atoms with Gasteiger partial charge in [-0.05, 0) is 55.3 Å². The van der Waals surface area contributed by atoms with E-state index in [9.17, 15) is 9.59 Å². The number of pyridine rings is 2. The number of hydrogen-bond acceptors (Lipinski definition) is 8. The molecule has 11 heteroatoms. The van der Waals surface area contributed by atoms with Gasteiger partial charge in [0.05, 0.1) is 11.0 Å². The van der Waals surface area contributed by atoms with Crippen molar-refractivity contribution in [2.45, 2.75) is 18.9 Å². The van der Waals surface area contributed by atoms with Crippen molar-refractivity contribution in [3.63, 3.8) is 0 Å². The van der Waals surface area contributed by atoms with Crippen LogP contribution in [0.5, 0.6) is 0 Å². The first-order chi connectivity index (χ1) is 19.1. The molecule has 0 atom stereocenters. The van der Waals surface area contributed by atoms with Crippen molar-refractivity contribution >= 4 is 34.6 Å². The number of fused-ring (bicyclic) bond motifs is 1. The van der Waals surface area contributed by atoms with E-state index in [-0.39, 0.29) is 23.6 Å². The smallest absolute Gasteiger partial charge is 0.272 e. The molecule has 0 bridgehead atoms. The Balaban J connectivity index is 1.06. The largest absolute Gasteiger partial charge is 0.348 e. The molecule has 11 nitrogen and oxygen atoms in total. The molecule has 4 aromatic heterocycles. The number of anilines is 2. The molecule has 0 spiro atoms. The van der Waals surface area contributed by atoms with Gasteiger partial charge in [0.2, 0.25) is 5.95 Å². The number of aromatic amines is 1. The first-order valence-corrected chi connectivity index (χ1v) is 12.7. The second kappa shape index (κ2) is 10.7. The monoisotopic (exact) mass is 519 g/mol. The van der Waals surface area contributed by atoms with E-state index in [2.05, 4.69) is 40.5 Å². The molecule has 2 amide bonds. The number of rotatable bonds is 6. The van der Waals surface area contributed by atoms with Gasteiger partial charge in [0.15, 0.2) is 5.82 Å². The van der Waals surface area contributed by atoms with E-state index in [4.69, 9.17) is 0 Å². The third-order valence-electron chi connectivity index (χ3n) is 6.51. The molecule has 0 saturated carbocycles. The fourth-order valence-corrected chi connectivity index (χ4v) is 4.50. The zero-order chi connectivity index (χ0) is 26.6. The molecule has 1 aliphatic heterocycles. The van der Waals surface area contributed by atoms with Crippen LogP contribution >= 0.6 is 0 Å². The summed E-state index contributed by atoms with van der Waals surface area (Å²) in [6.07, 6.45) is 4.44. The Morgan fingerprint density at radius 2 is 1.67 bits per heavy atom. The molecule has 1 fully saturated rings. The number of hydrogen-bond donors (Lipinski definition) is 3. The van der Waals surface area contributed by atoms with Crippen LogP contribution in [0.25, 0.3) is 22.6 Å². The summed E-state index contributed by atoms with van der Waals surface area (Å²) in [4.78, 5) is 52.9. The average Bonchev–Trinajstić information content (AvgIpc) is 3.43. The van der Waals surface area contributed by atoms with Crippen LogP contribution in [0, 0.1) is 0 Å². The van der Waals surface area contributed by atoms with E-state index in [0.29, 0.717) is 54.9 Å². The number of para-hydroxylation sites is 2. The lowest BCUT2D eigenvalue weighted by Gasteiger charge is -2.32. The minimum absolute atomic E-state index is 0.0708. The number of carbonyl (C=O) groups excluding carboxylic acids is 2. The maximum atomic E-state index is 13.2. The Morgan fingerprint density at radius 3 is 2.49 bits per heavy atom. The highest BCUT2D eigenvalue weighted by atomic mass is 16.2. The van der Waals surface area contributed by atoms with Crippen molar-refractivity contribution in [2.24, 2.45) is 0 Å². The van der Waals surface area contributed by atoms with E-state index in [1.54, 1.807) is 29.3 Å². The molecule has 194 valence electrons. The van der Waals surface area contributed by atoms with Crippen LogP contribution in [0.15, 0.2) is 79.1 Å². The quantitative estimate of drug-likeness (QED) is 0.309. The Hall–Kier alpha value is -5.19. The van der Waals surface area contributed by atoms with Crippen LogP contribution in [0.4, 0.5) is 11.8 Å². The average molecular weight is 520 g/mol. The lowest BCUT2D eigenvalue weighted by atomic mass is 10.0. The third-order valence-corrected chi connectivity index (χ3v) is 6.51. The number of carbonyl (C=O) groups is 2. The zero-order valence-electron chi connectivity index (χ0n) is 20.9. The van der Waals surface area contributed by atoms with Gasteiger partial charge in [-0.15, -0.1) is 0 Å². The molecular weight excluding hydrogens is 494 g/mol. The van der Waals surface area contributed by atoms with Crippen molar-refractivity contribution in [1.82, 2.24) is 40.1 Å². The number of imidazole rings is 1. The standard InChI is InChI=1S/C28H25N9O2/c38-26(22-11-15-30-28(35-22)36-24-10-3-4-14-29-24)31-18-12-16-37(17-13-18)27(39)23-9-5-8-21(32-23)25-33-19-6-1-2-7-20(19)34-25/h1-11,14-15,18H,12-13,16-17H2,(H,31,38)(H,33,34)(H,29,30,35,36). The van der Waals surface area contributed by atoms with Gasteiger partial charge in [-0.3, -0.25) is 9.59 Å². The molecule has 1 aliphatic rings. The highest BCUT2D eigenvalue weighted by Crippen LogP contribution is 2.20. The van der Waals surface area contributed by atoms with Crippen molar-refractivity contribution < 1.29 is 9.59 Å². The van der Waals surface area contributed by atoms with E-state index in [1.165, 1.54) is 6.20 Å². The number of H-pyrrole nitrogens is 1. The van der Waals surface area contributed by atoms with Crippen LogP contribution < -0.4 is 10.6 Å². The molecule has 1 saturated heterocycles. The molecule has 0 unspecified atom stereocenters. The number of benzene rings is 1. The number of nitrogens with one attached hydrogen (secondary N) is 3. The molecule has 6 rings (SSSR count). The van der Waals surface area contributed by atoms with Gasteiger partial charge in [-0.25, -0.2) is 24.9 Å². The summed E-state index contributed by atoms with van der Waals surface area (Å²) in [7, 11) is 0. The first kappa shape index (κ1) is 24.2. The first-order valence-electron chi connectivity index (χ1n) is 12.7. The predicted molar refractivity (Wildman–Crippen MR) is 145 cm³/mol. The van der Waals surface area contributed by atoms with Gasteiger partial charge in [-0.2, -0.15) is 0 Å². The summed E-state index contributed by atoms with van der Waals surface area (Å²) in [6.45, 7) is 1.02. The van der Waals surface area contributed by atoms with Gasteiger partial charge < -0.3 is 20.5 Å². The van der Waals surface area contributed by atoms with Crippen molar-refractivity contribution in [2.75, 3.05) is 18.4 Å². The molecule has 0 radical (unpaired) electrons. The highest BCUT2D eigenvalue weighted by molar-refractivity contribution is 5.94. The number of likely N-dealkylation sites (tertiary alicyclic amines) is 1. The van der Waals surface area contributed by atoms with E-state index < -0.39 is 0 Å². The highest BCUT2D eigenvalue weighted by Gasteiger charge is 2.26. The fourth-order valence-electron chi connectivity index (χ4n) is 4.50. The lowest BCUT2D eigenvalue weighted by Crippen LogP contribution is -2.46. The second-order valence-electron chi connectivity index (χ2n) is 9.16. The molecule has 1 aromatic carbocycles. The van der Waals surface area contributed by atoms with Crippen LogP contribution in [-0.2, 0) is 0 Å². The maximum absolute atomic E-state index is 13.2. The molecule has 5 aromatic rings. The normalized spacial score (nSPS) is 13.8. The lowest BCUT2D eigenvalue weighted by molar-refractivity contribution is 0.0692. The van der Waals surface area contributed by atoms with Gasteiger partial charge >= 0.3 is 0 Å². The minimum Gasteiger partial charge on any atom is -0.348 e. The Labute approximate surface area is 223 Å². The zero-order valence-corrected chi connectivity index (χ0v) is 20.9. The van der Waals surface area contributed by atoms with Crippen LogP contribution in [0.2, 0.25) is 0 Å². The second-order valence-corrected chi connectivity index (χ2v) is 9.16. The number of amides is 2. The summed E-state index contributed by atoms with van der Waals surface area (Å²) in [5, 5.41) is 6.02. The van der Waals surface area contributed by atoms with E-state index >= 15 is 0 Å². The van der Waals surface area contributed by atoms with Crippen LogP contribution in [-0.4, -0.2) is 65.7 Å². The SMILES string of the molecule is O=C(NC1CCN(C(=O)c2cccc(-c3nc4ccccc4[nH]3)n2)CC1)c1ccnc(Nc2ccccn2)n1. The molecule has 0 aliphatic carbocycles. The van der Waals surface area contributed by atoms with E-state index in [0.717, 1.165) is 11.0 Å². The van der Waals surface area contributed by atoms with Crippen molar-refractivity contribution in [1.29, 1.82) is 0 Å². The van der Waals surface area contributed by atoms with Crippen LogP contribution in [0.3, 0.4) is 0 Å².